The first-order chi connectivity index (χ1) is 12.3. The number of anilines is 1. The van der Waals surface area contributed by atoms with Crippen LogP contribution in [0.2, 0.25) is 5.02 Å². The second-order valence-corrected chi connectivity index (χ2v) is 5.44. The van der Waals surface area contributed by atoms with E-state index in [0.29, 0.717) is 35.8 Å². The first-order valence-corrected chi connectivity index (χ1v) is 7.87. The standard InChI is InChI=1S/C18H15ClF3NO3/c1-3-26-18-11(19)6-10(7-16(18)25-2)4-5-17(24)23-15-9-13(21)12(20)8-14(15)22/h4-9H,3H2,1-2H3,(H,23,24). The molecule has 0 aromatic heterocycles. The van der Waals surface area contributed by atoms with E-state index in [1.54, 1.807) is 19.1 Å². The van der Waals surface area contributed by atoms with Crippen LogP contribution in [0, 0.1) is 17.5 Å². The average Bonchev–Trinajstić information content (AvgIpc) is 2.59. The maximum Gasteiger partial charge on any atom is 0.248 e. The summed E-state index contributed by atoms with van der Waals surface area (Å²) >= 11 is 6.12. The van der Waals surface area contributed by atoms with E-state index in [-0.39, 0.29) is 5.02 Å². The van der Waals surface area contributed by atoms with Gasteiger partial charge < -0.3 is 14.8 Å². The van der Waals surface area contributed by atoms with Crippen molar-refractivity contribution in [3.8, 4) is 11.5 Å². The molecule has 0 fully saturated rings. The fourth-order valence-electron chi connectivity index (χ4n) is 2.09. The highest BCUT2D eigenvalue weighted by molar-refractivity contribution is 6.32. The Morgan fingerprint density at radius 1 is 1.15 bits per heavy atom. The Hall–Kier alpha value is -2.67. The number of ether oxygens (including phenoxy) is 2. The summed E-state index contributed by atoms with van der Waals surface area (Å²) in [5, 5.41) is 2.42. The molecule has 0 spiro atoms. The van der Waals surface area contributed by atoms with Crippen LogP contribution in [0.1, 0.15) is 12.5 Å². The van der Waals surface area contributed by atoms with E-state index < -0.39 is 29.0 Å². The van der Waals surface area contributed by atoms with E-state index in [1.807, 2.05) is 0 Å². The van der Waals surface area contributed by atoms with E-state index in [4.69, 9.17) is 21.1 Å². The summed E-state index contributed by atoms with van der Waals surface area (Å²) in [5.41, 5.74) is 0.0528. The fraction of sp³-hybridized carbons (Fsp3) is 0.167. The van der Waals surface area contributed by atoms with Crippen LogP contribution < -0.4 is 14.8 Å². The molecule has 26 heavy (non-hydrogen) atoms. The van der Waals surface area contributed by atoms with Gasteiger partial charge in [0.1, 0.15) is 5.82 Å². The molecule has 0 heterocycles. The Balaban J connectivity index is 2.18. The first kappa shape index (κ1) is 19.7. The lowest BCUT2D eigenvalue weighted by Gasteiger charge is -2.11. The average molecular weight is 386 g/mol. The number of carbonyl (C=O) groups is 1. The van der Waals surface area contributed by atoms with Gasteiger partial charge in [-0.15, -0.1) is 0 Å². The zero-order chi connectivity index (χ0) is 19.3. The van der Waals surface area contributed by atoms with Gasteiger partial charge in [-0.2, -0.15) is 0 Å². The Labute approximate surface area is 153 Å². The molecule has 0 aliphatic rings. The fourth-order valence-corrected chi connectivity index (χ4v) is 2.36. The van der Waals surface area contributed by atoms with E-state index in [1.165, 1.54) is 13.2 Å². The molecule has 0 unspecified atom stereocenters. The minimum atomic E-state index is -1.34. The number of carbonyl (C=O) groups excluding carboxylic acids is 1. The number of halogens is 4. The van der Waals surface area contributed by atoms with Crippen molar-refractivity contribution in [1.29, 1.82) is 0 Å². The molecule has 0 saturated carbocycles. The molecule has 0 bridgehead atoms. The minimum Gasteiger partial charge on any atom is -0.493 e. The largest absolute Gasteiger partial charge is 0.493 e. The highest BCUT2D eigenvalue weighted by Gasteiger charge is 2.12. The summed E-state index contributed by atoms with van der Waals surface area (Å²) in [7, 11) is 1.44. The van der Waals surface area contributed by atoms with Crippen molar-refractivity contribution in [2.75, 3.05) is 19.0 Å². The Kier molecular flexibility index (Phi) is 6.52. The predicted octanol–water partition coefficient (Wildman–Crippen LogP) is 4.82. The Bertz CT molecular complexity index is 856. The van der Waals surface area contributed by atoms with Gasteiger partial charge in [-0.05, 0) is 30.7 Å². The molecule has 4 nitrogen and oxygen atoms in total. The van der Waals surface area contributed by atoms with Gasteiger partial charge in [0.25, 0.3) is 0 Å². The van der Waals surface area contributed by atoms with Crippen molar-refractivity contribution in [2.24, 2.45) is 0 Å². The molecule has 1 amide bonds. The third-order valence-electron chi connectivity index (χ3n) is 3.24. The summed E-state index contributed by atoms with van der Waals surface area (Å²) in [6, 6.07) is 4.06. The molecule has 2 aromatic carbocycles. The van der Waals surface area contributed by atoms with E-state index in [9.17, 15) is 18.0 Å². The summed E-state index contributed by atoms with van der Waals surface area (Å²) < 4.78 is 50.1. The third kappa shape index (κ3) is 4.70. The number of amides is 1. The predicted molar refractivity (Wildman–Crippen MR) is 93.2 cm³/mol. The van der Waals surface area contributed by atoms with Crippen molar-refractivity contribution in [1.82, 2.24) is 0 Å². The quantitative estimate of drug-likeness (QED) is 0.573. The van der Waals surface area contributed by atoms with Crippen molar-refractivity contribution in [3.63, 3.8) is 0 Å². The van der Waals surface area contributed by atoms with E-state index >= 15 is 0 Å². The van der Waals surface area contributed by atoms with Crippen LogP contribution in [-0.2, 0) is 4.79 Å². The molecule has 0 atom stereocenters. The van der Waals surface area contributed by atoms with Crippen molar-refractivity contribution in [3.05, 3.63) is 58.4 Å². The number of methoxy groups -OCH3 is 1. The second kappa shape index (κ2) is 8.62. The van der Waals surface area contributed by atoms with Gasteiger partial charge >= 0.3 is 0 Å². The Morgan fingerprint density at radius 3 is 2.50 bits per heavy atom. The maximum atomic E-state index is 13.5. The first-order valence-electron chi connectivity index (χ1n) is 7.49. The summed E-state index contributed by atoms with van der Waals surface area (Å²) in [5.74, 6) is -3.68. The molecule has 138 valence electrons. The smallest absolute Gasteiger partial charge is 0.248 e. The van der Waals surface area contributed by atoms with E-state index in [0.717, 1.165) is 6.08 Å². The van der Waals surface area contributed by atoms with E-state index in [2.05, 4.69) is 5.32 Å². The zero-order valence-electron chi connectivity index (χ0n) is 13.9. The maximum absolute atomic E-state index is 13.5. The number of nitrogens with one attached hydrogen (secondary N) is 1. The van der Waals surface area contributed by atoms with Crippen molar-refractivity contribution >= 4 is 29.3 Å². The lowest BCUT2D eigenvalue weighted by atomic mass is 10.2. The van der Waals surface area contributed by atoms with Crippen LogP contribution in [0.4, 0.5) is 18.9 Å². The van der Waals surface area contributed by atoms with Gasteiger partial charge in [-0.3, -0.25) is 4.79 Å². The highest BCUT2D eigenvalue weighted by Crippen LogP contribution is 2.36. The van der Waals surface area contributed by atoms with Crippen LogP contribution in [0.3, 0.4) is 0 Å². The van der Waals surface area contributed by atoms with Crippen LogP contribution in [-0.4, -0.2) is 19.6 Å². The molecule has 2 rings (SSSR count). The molecule has 0 radical (unpaired) electrons. The van der Waals surface area contributed by atoms with Gasteiger partial charge in [0.05, 0.1) is 24.4 Å². The molecule has 2 aromatic rings. The van der Waals surface area contributed by atoms with Gasteiger partial charge in [0.15, 0.2) is 23.1 Å². The SMILES string of the molecule is CCOc1c(Cl)cc(C=CC(=O)Nc2cc(F)c(F)cc2F)cc1OC. The van der Waals surface area contributed by atoms with Crippen LogP contribution in [0.5, 0.6) is 11.5 Å². The van der Waals surface area contributed by atoms with Gasteiger partial charge in [-0.1, -0.05) is 11.6 Å². The molecule has 8 heteroatoms. The summed E-state index contributed by atoms with van der Waals surface area (Å²) in [6.45, 7) is 2.19. The van der Waals surface area contributed by atoms with Crippen LogP contribution in [0.25, 0.3) is 6.08 Å². The number of rotatable bonds is 6. The monoisotopic (exact) mass is 385 g/mol. The lowest BCUT2D eigenvalue weighted by Crippen LogP contribution is -2.10. The van der Waals surface area contributed by atoms with Crippen LogP contribution in [0.15, 0.2) is 30.3 Å². The molecule has 0 aliphatic heterocycles. The lowest BCUT2D eigenvalue weighted by molar-refractivity contribution is -0.111. The molecular formula is C18H15ClF3NO3. The highest BCUT2D eigenvalue weighted by atomic mass is 35.5. The van der Waals surface area contributed by atoms with Gasteiger partial charge in [0, 0.05) is 18.2 Å². The van der Waals surface area contributed by atoms with Crippen molar-refractivity contribution in [2.45, 2.75) is 6.92 Å². The van der Waals surface area contributed by atoms with Gasteiger partial charge in [0.2, 0.25) is 5.91 Å². The number of hydrogen-bond acceptors (Lipinski definition) is 3. The summed E-state index contributed by atoms with van der Waals surface area (Å²) in [6.07, 6.45) is 2.49. The van der Waals surface area contributed by atoms with Crippen molar-refractivity contribution < 1.29 is 27.4 Å². The number of benzene rings is 2. The van der Waals surface area contributed by atoms with Crippen LogP contribution >= 0.6 is 11.6 Å². The third-order valence-corrected chi connectivity index (χ3v) is 3.52. The molecular weight excluding hydrogens is 371 g/mol. The normalized spacial score (nSPS) is 10.8. The topological polar surface area (TPSA) is 47.6 Å². The molecule has 1 N–H and O–H groups in total. The second-order valence-electron chi connectivity index (χ2n) is 5.04. The molecule has 0 saturated heterocycles. The summed E-state index contributed by atoms with van der Waals surface area (Å²) in [4.78, 5) is 11.9. The van der Waals surface area contributed by atoms with Gasteiger partial charge in [-0.25, -0.2) is 13.2 Å². The minimum absolute atomic E-state index is 0.290. The Morgan fingerprint density at radius 2 is 1.85 bits per heavy atom. The number of hydrogen-bond donors (Lipinski definition) is 1. The zero-order valence-corrected chi connectivity index (χ0v) is 14.7. The molecule has 0 aliphatic carbocycles.